The summed E-state index contributed by atoms with van der Waals surface area (Å²) in [6.07, 6.45) is 0. The number of nitrogens with zero attached hydrogens (tertiary/aromatic N) is 3. The maximum Gasteiger partial charge on any atom is 0.129 e. The van der Waals surface area contributed by atoms with Gasteiger partial charge in [0.15, 0.2) is 0 Å². The Labute approximate surface area is 114 Å². The molecule has 2 heterocycles. The molecular weight excluding hydrogens is 238 g/mol. The van der Waals surface area contributed by atoms with Crippen LogP contribution in [-0.2, 0) is 0 Å². The maximum absolute atomic E-state index is 7.58. The summed E-state index contributed by atoms with van der Waals surface area (Å²) in [5.41, 5.74) is 7.24. The number of hydrogen-bond donors (Lipinski definition) is 2. The normalized spacial score (nSPS) is 24.5. The number of aromatic nitrogens is 1. The SMILES string of the molecule is Cc1cc(C(=N)N)cc(N2CC(C)N(C)C(C)C2)n1. The highest BCUT2D eigenvalue weighted by molar-refractivity contribution is 5.95. The summed E-state index contributed by atoms with van der Waals surface area (Å²) in [4.78, 5) is 9.26. The fraction of sp³-hybridized carbons (Fsp3) is 0.571. The Kier molecular flexibility index (Phi) is 3.75. The van der Waals surface area contributed by atoms with Gasteiger partial charge in [-0.2, -0.15) is 0 Å². The van der Waals surface area contributed by atoms with E-state index in [1.165, 1.54) is 0 Å². The van der Waals surface area contributed by atoms with Gasteiger partial charge >= 0.3 is 0 Å². The number of amidine groups is 1. The Morgan fingerprint density at radius 1 is 1.32 bits per heavy atom. The number of pyridine rings is 1. The number of likely N-dealkylation sites (N-methyl/N-ethyl adjacent to an activating group) is 1. The molecule has 0 radical (unpaired) electrons. The molecule has 0 aliphatic carbocycles. The van der Waals surface area contributed by atoms with Crippen molar-refractivity contribution in [3.05, 3.63) is 23.4 Å². The van der Waals surface area contributed by atoms with Crippen LogP contribution in [0.15, 0.2) is 12.1 Å². The summed E-state index contributed by atoms with van der Waals surface area (Å²) in [5.74, 6) is 1.03. The second kappa shape index (κ2) is 5.17. The Morgan fingerprint density at radius 3 is 2.42 bits per heavy atom. The number of rotatable bonds is 2. The monoisotopic (exact) mass is 261 g/mol. The van der Waals surface area contributed by atoms with Crippen LogP contribution in [0, 0.1) is 12.3 Å². The molecule has 5 nitrogen and oxygen atoms in total. The number of hydrogen-bond acceptors (Lipinski definition) is 4. The van der Waals surface area contributed by atoms with Gasteiger partial charge in [0.2, 0.25) is 0 Å². The van der Waals surface area contributed by atoms with Crippen LogP contribution < -0.4 is 10.6 Å². The van der Waals surface area contributed by atoms with E-state index in [0.29, 0.717) is 12.1 Å². The molecule has 0 saturated carbocycles. The van der Waals surface area contributed by atoms with E-state index in [4.69, 9.17) is 11.1 Å². The Hall–Kier alpha value is -1.62. The zero-order chi connectivity index (χ0) is 14.2. The van der Waals surface area contributed by atoms with Crippen molar-refractivity contribution in [2.75, 3.05) is 25.0 Å². The summed E-state index contributed by atoms with van der Waals surface area (Å²) in [5, 5.41) is 7.58. The Morgan fingerprint density at radius 2 is 1.89 bits per heavy atom. The number of anilines is 1. The highest BCUT2D eigenvalue weighted by atomic mass is 15.3. The van der Waals surface area contributed by atoms with E-state index in [-0.39, 0.29) is 5.84 Å². The second-order valence-corrected chi connectivity index (χ2v) is 5.54. The molecule has 3 N–H and O–H groups in total. The molecule has 2 rings (SSSR count). The lowest BCUT2D eigenvalue weighted by Crippen LogP contribution is -2.55. The number of nitrogens with two attached hydrogens (primary N) is 1. The van der Waals surface area contributed by atoms with Crippen LogP contribution in [-0.4, -0.2) is 47.9 Å². The van der Waals surface area contributed by atoms with E-state index in [2.05, 4.69) is 35.7 Å². The molecule has 0 amide bonds. The largest absolute Gasteiger partial charge is 0.384 e. The average molecular weight is 261 g/mol. The van der Waals surface area contributed by atoms with Gasteiger partial charge in [-0.25, -0.2) is 4.98 Å². The van der Waals surface area contributed by atoms with Gasteiger partial charge in [0, 0.05) is 36.4 Å². The first-order valence-corrected chi connectivity index (χ1v) is 6.68. The first-order valence-electron chi connectivity index (χ1n) is 6.68. The van der Waals surface area contributed by atoms with E-state index >= 15 is 0 Å². The molecule has 2 atom stereocenters. The van der Waals surface area contributed by atoms with Gasteiger partial charge in [-0.3, -0.25) is 10.3 Å². The van der Waals surface area contributed by atoms with Crippen LogP contribution in [0.5, 0.6) is 0 Å². The summed E-state index contributed by atoms with van der Waals surface area (Å²) in [7, 11) is 2.16. The molecule has 1 fully saturated rings. The lowest BCUT2D eigenvalue weighted by Gasteiger charge is -2.43. The number of aryl methyl sites for hydroxylation is 1. The molecule has 0 spiro atoms. The third-order valence-electron chi connectivity index (χ3n) is 3.93. The molecule has 1 aromatic heterocycles. The van der Waals surface area contributed by atoms with E-state index in [0.717, 1.165) is 30.2 Å². The van der Waals surface area contributed by atoms with Gasteiger partial charge in [0.1, 0.15) is 11.7 Å². The summed E-state index contributed by atoms with van der Waals surface area (Å²) >= 11 is 0. The van der Waals surface area contributed by atoms with E-state index in [1.54, 1.807) is 0 Å². The van der Waals surface area contributed by atoms with Crippen molar-refractivity contribution in [1.29, 1.82) is 5.41 Å². The zero-order valence-corrected chi connectivity index (χ0v) is 12.1. The van der Waals surface area contributed by atoms with Crippen molar-refractivity contribution in [2.24, 2.45) is 5.73 Å². The lowest BCUT2D eigenvalue weighted by atomic mass is 10.1. The number of piperazine rings is 1. The van der Waals surface area contributed by atoms with E-state index in [9.17, 15) is 0 Å². The Balaban J connectivity index is 2.29. The number of nitrogen functional groups attached to an aromatic ring is 1. The van der Waals surface area contributed by atoms with Crippen LogP contribution in [0.3, 0.4) is 0 Å². The smallest absolute Gasteiger partial charge is 0.129 e. The minimum absolute atomic E-state index is 0.0991. The van der Waals surface area contributed by atoms with Crippen LogP contribution in [0.1, 0.15) is 25.1 Å². The van der Waals surface area contributed by atoms with Gasteiger partial charge in [-0.05, 0) is 40.0 Å². The van der Waals surface area contributed by atoms with Crippen molar-refractivity contribution in [3.8, 4) is 0 Å². The fourth-order valence-electron chi connectivity index (χ4n) is 2.56. The lowest BCUT2D eigenvalue weighted by molar-refractivity contribution is 0.169. The summed E-state index contributed by atoms with van der Waals surface area (Å²) in [6.45, 7) is 8.30. The summed E-state index contributed by atoms with van der Waals surface area (Å²) < 4.78 is 0. The molecule has 19 heavy (non-hydrogen) atoms. The van der Waals surface area contributed by atoms with E-state index < -0.39 is 0 Å². The van der Waals surface area contributed by atoms with Crippen molar-refractivity contribution in [3.63, 3.8) is 0 Å². The minimum atomic E-state index is 0.0991. The molecule has 0 aromatic carbocycles. The average Bonchev–Trinajstić information content (AvgIpc) is 2.34. The van der Waals surface area contributed by atoms with Gasteiger partial charge in [-0.15, -0.1) is 0 Å². The molecular formula is C14H23N5. The maximum atomic E-state index is 7.58. The van der Waals surface area contributed by atoms with Crippen LogP contribution in [0.4, 0.5) is 5.82 Å². The molecule has 1 aliphatic heterocycles. The van der Waals surface area contributed by atoms with Crippen LogP contribution >= 0.6 is 0 Å². The second-order valence-electron chi connectivity index (χ2n) is 5.54. The third kappa shape index (κ3) is 2.87. The van der Waals surface area contributed by atoms with Crippen molar-refractivity contribution in [1.82, 2.24) is 9.88 Å². The fourth-order valence-corrected chi connectivity index (χ4v) is 2.56. The molecule has 2 unspecified atom stereocenters. The standard InChI is InChI=1S/C14H23N5/c1-9-5-12(14(15)16)6-13(17-9)19-7-10(2)18(4)11(3)8-19/h5-6,10-11H,7-8H2,1-4H3,(H3,15,16). The predicted octanol–water partition coefficient (Wildman–Crippen LogP) is 1.20. The molecule has 1 saturated heterocycles. The molecule has 104 valence electrons. The zero-order valence-electron chi connectivity index (χ0n) is 12.1. The highest BCUT2D eigenvalue weighted by Gasteiger charge is 2.27. The molecule has 1 aromatic rings. The molecule has 0 bridgehead atoms. The van der Waals surface area contributed by atoms with Crippen LogP contribution in [0.2, 0.25) is 0 Å². The number of nitrogens with one attached hydrogen (secondary N) is 1. The van der Waals surface area contributed by atoms with Crippen LogP contribution in [0.25, 0.3) is 0 Å². The first-order chi connectivity index (χ1) is 8.88. The highest BCUT2D eigenvalue weighted by Crippen LogP contribution is 2.21. The van der Waals surface area contributed by atoms with Crippen molar-refractivity contribution in [2.45, 2.75) is 32.9 Å². The third-order valence-corrected chi connectivity index (χ3v) is 3.93. The molecule has 5 heteroatoms. The quantitative estimate of drug-likeness (QED) is 0.620. The van der Waals surface area contributed by atoms with Gasteiger partial charge < -0.3 is 10.6 Å². The molecule has 1 aliphatic rings. The first kappa shape index (κ1) is 13.8. The van der Waals surface area contributed by atoms with Gasteiger partial charge in [0.25, 0.3) is 0 Å². The van der Waals surface area contributed by atoms with E-state index in [1.807, 2.05) is 19.1 Å². The summed E-state index contributed by atoms with van der Waals surface area (Å²) in [6, 6.07) is 4.76. The van der Waals surface area contributed by atoms with Gasteiger partial charge in [-0.1, -0.05) is 0 Å². The predicted molar refractivity (Wildman–Crippen MR) is 78.9 cm³/mol. The topological polar surface area (TPSA) is 69.2 Å². The van der Waals surface area contributed by atoms with Crippen molar-refractivity contribution < 1.29 is 0 Å². The minimum Gasteiger partial charge on any atom is -0.384 e. The van der Waals surface area contributed by atoms with Gasteiger partial charge in [0.05, 0.1) is 0 Å². The van der Waals surface area contributed by atoms with Crippen molar-refractivity contribution >= 4 is 11.7 Å². The Bertz CT molecular complexity index is 473.